The fourth-order valence-electron chi connectivity index (χ4n) is 3.10. The molecular weight excluding hydrogens is 348 g/mol. The van der Waals surface area contributed by atoms with Gasteiger partial charge in [-0.25, -0.2) is 0 Å². The molecular formula is C23H20N4O. The van der Waals surface area contributed by atoms with E-state index in [0.29, 0.717) is 5.69 Å². The maximum absolute atomic E-state index is 11.3. The Kier molecular flexibility index (Phi) is 4.97. The van der Waals surface area contributed by atoms with Crippen molar-refractivity contribution in [1.29, 1.82) is 0 Å². The zero-order valence-corrected chi connectivity index (χ0v) is 15.5. The van der Waals surface area contributed by atoms with Gasteiger partial charge in [0.25, 0.3) is 0 Å². The van der Waals surface area contributed by atoms with Gasteiger partial charge in [0.15, 0.2) is 0 Å². The Hall–Kier alpha value is -3.73. The lowest BCUT2D eigenvalue weighted by atomic mass is 10.0. The Balaban J connectivity index is 1.58. The Morgan fingerprint density at radius 2 is 1.75 bits per heavy atom. The van der Waals surface area contributed by atoms with Crippen LogP contribution < -0.4 is 5.32 Å². The SMILES string of the molecule is CC(=O)Nc1cncc(-c2cccc(-c3ccn(Cc4ccccc4)n3)c2)c1. The van der Waals surface area contributed by atoms with E-state index in [-0.39, 0.29) is 5.91 Å². The number of hydrogen-bond acceptors (Lipinski definition) is 3. The third-order valence-electron chi connectivity index (χ3n) is 4.38. The molecule has 138 valence electrons. The molecule has 0 saturated carbocycles. The molecule has 0 aliphatic carbocycles. The molecule has 0 unspecified atom stereocenters. The molecule has 1 amide bonds. The topological polar surface area (TPSA) is 59.8 Å². The molecule has 5 heteroatoms. The average Bonchev–Trinajstić information content (AvgIpc) is 3.17. The number of carbonyl (C=O) groups is 1. The van der Waals surface area contributed by atoms with Crippen LogP contribution in [0.1, 0.15) is 12.5 Å². The molecule has 28 heavy (non-hydrogen) atoms. The lowest BCUT2D eigenvalue weighted by Crippen LogP contribution is -2.05. The first-order valence-electron chi connectivity index (χ1n) is 9.08. The van der Waals surface area contributed by atoms with Gasteiger partial charge in [-0.15, -0.1) is 0 Å². The van der Waals surface area contributed by atoms with Crippen molar-refractivity contribution in [3.05, 3.63) is 90.9 Å². The summed E-state index contributed by atoms with van der Waals surface area (Å²) in [5, 5.41) is 7.48. The van der Waals surface area contributed by atoms with Gasteiger partial charge in [0.1, 0.15) is 0 Å². The van der Waals surface area contributed by atoms with Crippen LogP contribution in [0.5, 0.6) is 0 Å². The summed E-state index contributed by atoms with van der Waals surface area (Å²) in [6, 6.07) is 22.4. The van der Waals surface area contributed by atoms with Gasteiger partial charge in [-0.3, -0.25) is 14.5 Å². The van der Waals surface area contributed by atoms with Crippen molar-refractivity contribution < 1.29 is 4.79 Å². The average molecular weight is 368 g/mol. The summed E-state index contributed by atoms with van der Waals surface area (Å²) in [5.41, 5.74) is 5.82. The molecule has 0 saturated heterocycles. The minimum atomic E-state index is -0.114. The van der Waals surface area contributed by atoms with Crippen molar-refractivity contribution in [3.63, 3.8) is 0 Å². The van der Waals surface area contributed by atoms with Gasteiger partial charge in [0.05, 0.1) is 24.1 Å². The molecule has 4 aromatic rings. The third kappa shape index (κ3) is 4.15. The van der Waals surface area contributed by atoms with Crippen LogP contribution in [0, 0.1) is 0 Å². The molecule has 0 radical (unpaired) electrons. The number of hydrogen-bond donors (Lipinski definition) is 1. The van der Waals surface area contributed by atoms with Crippen molar-refractivity contribution in [1.82, 2.24) is 14.8 Å². The van der Waals surface area contributed by atoms with E-state index in [1.54, 1.807) is 12.4 Å². The number of carbonyl (C=O) groups excluding carboxylic acids is 1. The monoisotopic (exact) mass is 368 g/mol. The van der Waals surface area contributed by atoms with Crippen LogP contribution in [0.2, 0.25) is 0 Å². The summed E-state index contributed by atoms with van der Waals surface area (Å²) in [4.78, 5) is 15.5. The molecule has 0 atom stereocenters. The van der Waals surface area contributed by atoms with Gasteiger partial charge in [-0.1, -0.05) is 48.5 Å². The zero-order chi connectivity index (χ0) is 19.3. The Labute approximate surface area is 163 Å². The highest BCUT2D eigenvalue weighted by Crippen LogP contribution is 2.26. The largest absolute Gasteiger partial charge is 0.325 e. The molecule has 5 nitrogen and oxygen atoms in total. The second-order valence-corrected chi connectivity index (χ2v) is 6.61. The summed E-state index contributed by atoms with van der Waals surface area (Å²) in [7, 11) is 0. The summed E-state index contributed by atoms with van der Waals surface area (Å²) >= 11 is 0. The highest BCUT2D eigenvalue weighted by molar-refractivity contribution is 5.89. The number of rotatable bonds is 5. The number of benzene rings is 2. The van der Waals surface area contributed by atoms with E-state index >= 15 is 0 Å². The smallest absolute Gasteiger partial charge is 0.221 e. The normalized spacial score (nSPS) is 10.6. The van der Waals surface area contributed by atoms with Crippen LogP contribution in [0.15, 0.2) is 85.3 Å². The molecule has 0 fully saturated rings. The highest BCUT2D eigenvalue weighted by Gasteiger charge is 2.07. The molecule has 2 aromatic carbocycles. The minimum absolute atomic E-state index is 0.114. The Bertz CT molecular complexity index is 1100. The van der Waals surface area contributed by atoms with Gasteiger partial charge < -0.3 is 5.32 Å². The van der Waals surface area contributed by atoms with Gasteiger partial charge in [0, 0.05) is 30.4 Å². The summed E-state index contributed by atoms with van der Waals surface area (Å²) in [6.45, 7) is 2.22. The van der Waals surface area contributed by atoms with E-state index in [0.717, 1.165) is 28.9 Å². The molecule has 0 aliphatic heterocycles. The van der Waals surface area contributed by atoms with Crippen LogP contribution in [-0.4, -0.2) is 20.7 Å². The predicted molar refractivity (Wildman–Crippen MR) is 111 cm³/mol. The van der Waals surface area contributed by atoms with Crippen molar-refractivity contribution in [3.8, 4) is 22.4 Å². The molecule has 0 bridgehead atoms. The van der Waals surface area contributed by atoms with E-state index in [1.807, 2.05) is 59.4 Å². The minimum Gasteiger partial charge on any atom is -0.325 e. The van der Waals surface area contributed by atoms with E-state index in [2.05, 4.69) is 28.5 Å². The maximum Gasteiger partial charge on any atom is 0.221 e. The number of pyridine rings is 1. The van der Waals surface area contributed by atoms with Crippen LogP contribution in [0.3, 0.4) is 0 Å². The third-order valence-corrected chi connectivity index (χ3v) is 4.38. The van der Waals surface area contributed by atoms with E-state index in [4.69, 9.17) is 5.10 Å². The standard InChI is InChI=1S/C23H20N4O/c1-17(28)25-22-13-21(14-24-15-22)19-8-5-9-20(12-19)23-10-11-27(26-23)16-18-6-3-2-4-7-18/h2-15H,16H2,1H3,(H,25,28). The molecule has 2 aromatic heterocycles. The lowest BCUT2D eigenvalue weighted by Gasteiger charge is -2.07. The number of nitrogens with zero attached hydrogens (tertiary/aromatic N) is 3. The molecule has 1 N–H and O–H groups in total. The first-order chi connectivity index (χ1) is 13.7. The van der Waals surface area contributed by atoms with E-state index in [1.165, 1.54) is 12.5 Å². The summed E-state index contributed by atoms with van der Waals surface area (Å²) in [6.07, 6.45) is 5.42. The van der Waals surface area contributed by atoms with Gasteiger partial charge in [0.2, 0.25) is 5.91 Å². The van der Waals surface area contributed by atoms with Crippen LogP contribution in [0.4, 0.5) is 5.69 Å². The molecule has 0 aliphatic rings. The van der Waals surface area contributed by atoms with E-state index < -0.39 is 0 Å². The molecule has 0 spiro atoms. The number of amides is 1. The van der Waals surface area contributed by atoms with Crippen molar-refractivity contribution in [2.24, 2.45) is 0 Å². The highest BCUT2D eigenvalue weighted by atomic mass is 16.1. The van der Waals surface area contributed by atoms with Crippen molar-refractivity contribution in [2.45, 2.75) is 13.5 Å². The van der Waals surface area contributed by atoms with Gasteiger partial charge in [-0.2, -0.15) is 5.10 Å². The van der Waals surface area contributed by atoms with Gasteiger partial charge in [-0.05, 0) is 29.3 Å². The quantitative estimate of drug-likeness (QED) is 0.559. The van der Waals surface area contributed by atoms with Gasteiger partial charge >= 0.3 is 0 Å². The van der Waals surface area contributed by atoms with Crippen molar-refractivity contribution in [2.75, 3.05) is 5.32 Å². The fourth-order valence-corrected chi connectivity index (χ4v) is 3.10. The number of aromatic nitrogens is 3. The van der Waals surface area contributed by atoms with Crippen LogP contribution >= 0.6 is 0 Å². The van der Waals surface area contributed by atoms with Crippen LogP contribution in [-0.2, 0) is 11.3 Å². The first-order valence-corrected chi connectivity index (χ1v) is 9.08. The maximum atomic E-state index is 11.3. The van der Waals surface area contributed by atoms with Crippen LogP contribution in [0.25, 0.3) is 22.4 Å². The van der Waals surface area contributed by atoms with Crippen molar-refractivity contribution >= 4 is 11.6 Å². The molecule has 4 rings (SSSR count). The summed E-state index contributed by atoms with van der Waals surface area (Å²) in [5.74, 6) is -0.114. The number of nitrogens with one attached hydrogen (secondary N) is 1. The second kappa shape index (κ2) is 7.88. The lowest BCUT2D eigenvalue weighted by molar-refractivity contribution is -0.114. The fraction of sp³-hybridized carbons (Fsp3) is 0.0870. The second-order valence-electron chi connectivity index (χ2n) is 6.61. The zero-order valence-electron chi connectivity index (χ0n) is 15.5. The Morgan fingerprint density at radius 3 is 2.57 bits per heavy atom. The number of anilines is 1. The van der Waals surface area contributed by atoms with E-state index in [9.17, 15) is 4.79 Å². The summed E-state index contributed by atoms with van der Waals surface area (Å²) < 4.78 is 1.94. The molecule has 2 heterocycles. The predicted octanol–water partition coefficient (Wildman–Crippen LogP) is 4.62. The first kappa shape index (κ1) is 17.7. The Morgan fingerprint density at radius 1 is 0.929 bits per heavy atom.